The van der Waals surface area contributed by atoms with Gasteiger partial charge in [-0.3, -0.25) is 0 Å². The summed E-state index contributed by atoms with van der Waals surface area (Å²) in [5, 5.41) is 12.5. The Morgan fingerprint density at radius 1 is 1.50 bits per heavy atom. The van der Waals surface area contributed by atoms with Gasteiger partial charge >= 0.3 is 0 Å². The van der Waals surface area contributed by atoms with Gasteiger partial charge in [0, 0.05) is 13.7 Å². The van der Waals surface area contributed by atoms with Crippen molar-refractivity contribution in [1.29, 1.82) is 0 Å². The van der Waals surface area contributed by atoms with E-state index in [0.29, 0.717) is 19.1 Å². The zero-order valence-corrected chi connectivity index (χ0v) is 9.10. The molecule has 0 radical (unpaired) electrons. The lowest BCUT2D eigenvalue weighted by molar-refractivity contribution is 0.0727. The summed E-state index contributed by atoms with van der Waals surface area (Å²) in [4.78, 5) is 7.45. The van der Waals surface area contributed by atoms with Gasteiger partial charge in [0.2, 0.25) is 5.95 Å². The van der Waals surface area contributed by atoms with E-state index < -0.39 is 6.10 Å². The number of hydrogen-bond donors (Lipinski definition) is 3. The van der Waals surface area contributed by atoms with E-state index in [9.17, 15) is 5.11 Å². The maximum absolute atomic E-state index is 9.46. The van der Waals surface area contributed by atoms with Crippen LogP contribution in [0.2, 0.25) is 0 Å². The number of rotatable bonds is 5. The number of nitrogens with one attached hydrogen (secondary N) is 2. The fourth-order valence-corrected chi connectivity index (χ4v) is 1.50. The summed E-state index contributed by atoms with van der Waals surface area (Å²) < 4.78 is 4.83. The van der Waals surface area contributed by atoms with Crippen molar-refractivity contribution in [3.05, 3.63) is 24.3 Å². The van der Waals surface area contributed by atoms with Crippen molar-refractivity contribution in [3.63, 3.8) is 0 Å². The molecular formula is C11H15N3O2. The number of nitrogens with zero attached hydrogens (tertiary/aromatic N) is 1. The van der Waals surface area contributed by atoms with Crippen LogP contribution in [0, 0.1) is 0 Å². The Morgan fingerprint density at radius 2 is 2.31 bits per heavy atom. The van der Waals surface area contributed by atoms with Gasteiger partial charge in [-0.1, -0.05) is 12.1 Å². The van der Waals surface area contributed by atoms with Gasteiger partial charge in [0.05, 0.1) is 23.7 Å². The number of benzene rings is 1. The second-order valence-corrected chi connectivity index (χ2v) is 3.59. The van der Waals surface area contributed by atoms with Gasteiger partial charge in [0.15, 0.2) is 0 Å². The number of aromatic nitrogens is 2. The Balaban J connectivity index is 1.99. The highest BCUT2D eigenvalue weighted by Crippen LogP contribution is 2.12. The quantitative estimate of drug-likeness (QED) is 0.704. The molecule has 0 aliphatic heterocycles. The van der Waals surface area contributed by atoms with Gasteiger partial charge in [-0.05, 0) is 12.1 Å². The molecule has 2 aromatic rings. The van der Waals surface area contributed by atoms with E-state index in [1.807, 2.05) is 24.3 Å². The first-order valence-corrected chi connectivity index (χ1v) is 5.15. The molecule has 16 heavy (non-hydrogen) atoms. The van der Waals surface area contributed by atoms with Crippen molar-refractivity contribution in [2.45, 2.75) is 6.10 Å². The predicted molar refractivity (Wildman–Crippen MR) is 62.5 cm³/mol. The normalized spacial score (nSPS) is 12.9. The van der Waals surface area contributed by atoms with E-state index in [-0.39, 0.29) is 0 Å². The van der Waals surface area contributed by atoms with Crippen LogP contribution in [0.1, 0.15) is 0 Å². The van der Waals surface area contributed by atoms with Crippen LogP contribution < -0.4 is 5.32 Å². The average molecular weight is 221 g/mol. The minimum absolute atomic E-state index is 0.313. The number of aliphatic hydroxyl groups excluding tert-OH is 1. The molecule has 1 aromatic heterocycles. The van der Waals surface area contributed by atoms with E-state index in [0.717, 1.165) is 11.0 Å². The third-order valence-corrected chi connectivity index (χ3v) is 2.25. The minimum Gasteiger partial charge on any atom is -0.389 e. The van der Waals surface area contributed by atoms with Crippen molar-refractivity contribution in [3.8, 4) is 0 Å². The Bertz CT molecular complexity index is 422. The van der Waals surface area contributed by atoms with Crippen molar-refractivity contribution in [2.75, 3.05) is 25.6 Å². The maximum Gasteiger partial charge on any atom is 0.201 e. The first-order chi connectivity index (χ1) is 7.79. The molecule has 1 atom stereocenters. The molecule has 2 rings (SSSR count). The number of anilines is 1. The Hall–Kier alpha value is -1.59. The van der Waals surface area contributed by atoms with E-state index >= 15 is 0 Å². The molecule has 1 unspecified atom stereocenters. The van der Waals surface area contributed by atoms with Crippen molar-refractivity contribution < 1.29 is 9.84 Å². The molecule has 5 nitrogen and oxygen atoms in total. The van der Waals surface area contributed by atoms with E-state index in [4.69, 9.17) is 4.74 Å². The first kappa shape index (κ1) is 10.9. The van der Waals surface area contributed by atoms with Crippen LogP contribution in [0.25, 0.3) is 11.0 Å². The third kappa shape index (κ3) is 2.50. The Morgan fingerprint density at radius 3 is 3.06 bits per heavy atom. The fourth-order valence-electron chi connectivity index (χ4n) is 1.50. The van der Waals surface area contributed by atoms with Gasteiger partial charge < -0.3 is 20.1 Å². The van der Waals surface area contributed by atoms with Crippen LogP contribution in [-0.4, -0.2) is 41.4 Å². The SMILES string of the molecule is COCC(O)CNc1nc2ccccc2[nH]1. The first-order valence-electron chi connectivity index (χ1n) is 5.15. The number of aliphatic hydroxyl groups is 1. The number of hydrogen-bond acceptors (Lipinski definition) is 4. The zero-order valence-electron chi connectivity index (χ0n) is 9.10. The summed E-state index contributed by atoms with van der Waals surface area (Å²) in [5.74, 6) is 0.663. The lowest BCUT2D eigenvalue weighted by atomic mass is 10.3. The highest BCUT2D eigenvalue weighted by Gasteiger charge is 2.05. The van der Waals surface area contributed by atoms with Crippen molar-refractivity contribution in [1.82, 2.24) is 9.97 Å². The standard InChI is InChI=1S/C11H15N3O2/c1-16-7-8(15)6-12-11-13-9-4-2-3-5-10(9)14-11/h2-5,8,15H,6-7H2,1H3,(H2,12,13,14). The third-order valence-electron chi connectivity index (χ3n) is 2.25. The molecular weight excluding hydrogens is 206 g/mol. The molecule has 1 heterocycles. The number of imidazole rings is 1. The number of fused-ring (bicyclic) bond motifs is 1. The Labute approximate surface area is 93.5 Å². The van der Waals surface area contributed by atoms with Gasteiger partial charge in [-0.15, -0.1) is 0 Å². The van der Waals surface area contributed by atoms with Crippen LogP contribution in [0.15, 0.2) is 24.3 Å². The molecule has 0 fully saturated rings. The molecule has 0 spiro atoms. The van der Waals surface area contributed by atoms with Gasteiger partial charge in [-0.25, -0.2) is 4.98 Å². The summed E-state index contributed by atoms with van der Waals surface area (Å²) in [6.45, 7) is 0.723. The summed E-state index contributed by atoms with van der Waals surface area (Å²) in [7, 11) is 1.56. The molecule has 0 saturated carbocycles. The van der Waals surface area contributed by atoms with E-state index in [2.05, 4.69) is 15.3 Å². The van der Waals surface area contributed by atoms with Gasteiger partial charge in [-0.2, -0.15) is 0 Å². The molecule has 0 aliphatic carbocycles. The number of para-hydroxylation sites is 2. The molecule has 0 amide bonds. The highest BCUT2D eigenvalue weighted by molar-refractivity contribution is 5.77. The zero-order chi connectivity index (χ0) is 11.4. The second-order valence-electron chi connectivity index (χ2n) is 3.59. The van der Waals surface area contributed by atoms with E-state index in [1.165, 1.54) is 0 Å². The lowest BCUT2D eigenvalue weighted by Crippen LogP contribution is -2.24. The lowest BCUT2D eigenvalue weighted by Gasteiger charge is -2.09. The second kappa shape index (κ2) is 4.96. The monoisotopic (exact) mass is 221 g/mol. The molecule has 86 valence electrons. The summed E-state index contributed by atoms with van der Waals surface area (Å²) in [6, 6.07) is 7.78. The fraction of sp³-hybridized carbons (Fsp3) is 0.364. The smallest absolute Gasteiger partial charge is 0.201 e. The molecule has 3 N–H and O–H groups in total. The highest BCUT2D eigenvalue weighted by atomic mass is 16.5. The average Bonchev–Trinajstić information content (AvgIpc) is 2.69. The Kier molecular flexibility index (Phi) is 3.38. The molecule has 1 aromatic carbocycles. The van der Waals surface area contributed by atoms with Crippen LogP contribution >= 0.6 is 0 Å². The van der Waals surface area contributed by atoms with Crippen LogP contribution in [0.5, 0.6) is 0 Å². The minimum atomic E-state index is -0.529. The van der Waals surface area contributed by atoms with Crippen LogP contribution in [0.3, 0.4) is 0 Å². The predicted octanol–water partition coefficient (Wildman–Crippen LogP) is 0.982. The molecule has 0 aliphatic rings. The summed E-state index contributed by atoms with van der Waals surface area (Å²) >= 11 is 0. The van der Waals surface area contributed by atoms with Crippen LogP contribution in [-0.2, 0) is 4.74 Å². The summed E-state index contributed by atoms with van der Waals surface area (Å²) in [6.07, 6.45) is -0.529. The van der Waals surface area contributed by atoms with Crippen molar-refractivity contribution in [2.24, 2.45) is 0 Å². The number of methoxy groups -OCH3 is 1. The van der Waals surface area contributed by atoms with E-state index in [1.54, 1.807) is 7.11 Å². The van der Waals surface area contributed by atoms with Crippen molar-refractivity contribution >= 4 is 17.0 Å². The molecule has 0 bridgehead atoms. The van der Waals surface area contributed by atoms with Gasteiger partial charge in [0.1, 0.15) is 0 Å². The number of H-pyrrole nitrogens is 1. The molecule has 0 saturated heterocycles. The topological polar surface area (TPSA) is 70.2 Å². The number of ether oxygens (including phenoxy) is 1. The maximum atomic E-state index is 9.46. The van der Waals surface area contributed by atoms with Gasteiger partial charge in [0.25, 0.3) is 0 Å². The number of aromatic amines is 1. The summed E-state index contributed by atoms with van der Waals surface area (Å²) in [5.41, 5.74) is 1.89. The van der Waals surface area contributed by atoms with Crippen LogP contribution in [0.4, 0.5) is 5.95 Å². The largest absolute Gasteiger partial charge is 0.389 e. The molecule has 5 heteroatoms.